The van der Waals surface area contributed by atoms with Gasteiger partial charge in [0, 0.05) is 0 Å². The smallest absolute Gasteiger partial charge is 0.349 e. The van der Waals surface area contributed by atoms with Gasteiger partial charge in [-0.2, -0.15) is 0 Å². The van der Waals surface area contributed by atoms with Crippen LogP contribution in [0.3, 0.4) is 0 Å². The van der Waals surface area contributed by atoms with Gasteiger partial charge in [-0.1, -0.05) is 38.5 Å². The van der Waals surface area contributed by atoms with Gasteiger partial charge in [0.05, 0.1) is 11.8 Å². The number of hydrogen-bond acceptors (Lipinski definition) is 6. The molecule has 0 saturated heterocycles. The lowest BCUT2D eigenvalue weighted by Gasteiger charge is -2.27. The summed E-state index contributed by atoms with van der Waals surface area (Å²) < 4.78 is 9.93. The minimum absolute atomic E-state index is 0.436. The average molecular weight is 370 g/mol. The first-order chi connectivity index (χ1) is 12.4. The molecule has 146 valence electrons. The summed E-state index contributed by atoms with van der Waals surface area (Å²) in [7, 11) is 0. The molecule has 2 atom stereocenters. The van der Waals surface area contributed by atoms with Gasteiger partial charge in [0.25, 0.3) is 0 Å². The van der Waals surface area contributed by atoms with E-state index in [1.807, 2.05) is 0 Å². The van der Waals surface area contributed by atoms with Crippen molar-refractivity contribution in [2.45, 2.75) is 76.4 Å². The molecule has 0 amide bonds. The molecule has 0 aliphatic heterocycles. The number of hydrogen-bond donors (Lipinski definition) is 2. The summed E-state index contributed by atoms with van der Waals surface area (Å²) in [6.07, 6.45) is 3.64. The van der Waals surface area contributed by atoms with E-state index in [0.717, 1.165) is 38.5 Å². The molecule has 26 heavy (non-hydrogen) atoms. The monoisotopic (exact) mass is 370 g/mol. The third kappa shape index (κ3) is 5.44. The number of carbonyl (C=O) groups excluding carboxylic acids is 2. The fraction of sp³-hybridized carbons (Fsp3) is 0.778. The zero-order chi connectivity index (χ0) is 19.1. The van der Waals surface area contributed by atoms with Crippen molar-refractivity contribution in [3.05, 3.63) is 0 Å². The fourth-order valence-corrected chi connectivity index (χ4v) is 3.60. The molecule has 0 aromatic rings. The lowest BCUT2D eigenvalue weighted by Crippen LogP contribution is -2.47. The highest BCUT2D eigenvalue weighted by Gasteiger charge is 2.42. The van der Waals surface area contributed by atoms with Crippen molar-refractivity contribution in [2.24, 2.45) is 11.8 Å². The van der Waals surface area contributed by atoms with Gasteiger partial charge in [-0.25, -0.2) is 9.59 Å². The van der Waals surface area contributed by atoms with Crippen molar-refractivity contribution in [3.63, 3.8) is 0 Å². The molecule has 2 aliphatic carbocycles. The van der Waals surface area contributed by atoms with E-state index in [1.165, 1.54) is 0 Å². The summed E-state index contributed by atoms with van der Waals surface area (Å²) in [5.74, 6) is -5.63. The Hall–Kier alpha value is -2.12. The van der Waals surface area contributed by atoms with E-state index < -0.39 is 47.9 Å². The van der Waals surface area contributed by atoms with E-state index in [9.17, 15) is 29.4 Å². The Morgan fingerprint density at radius 3 is 1.19 bits per heavy atom. The molecular weight excluding hydrogens is 344 g/mol. The Labute approximate surface area is 151 Å². The van der Waals surface area contributed by atoms with Gasteiger partial charge in [-0.05, 0) is 25.7 Å². The van der Waals surface area contributed by atoms with Crippen LogP contribution in [0.15, 0.2) is 0 Å². The van der Waals surface area contributed by atoms with Gasteiger partial charge < -0.3 is 19.7 Å². The Bertz CT molecular complexity index is 483. The van der Waals surface area contributed by atoms with Crippen molar-refractivity contribution >= 4 is 23.9 Å². The molecule has 2 N–H and O–H groups in total. The topological polar surface area (TPSA) is 127 Å². The Morgan fingerprint density at radius 1 is 0.615 bits per heavy atom. The van der Waals surface area contributed by atoms with Crippen molar-refractivity contribution in [2.75, 3.05) is 0 Å². The van der Waals surface area contributed by atoms with E-state index in [2.05, 4.69) is 0 Å². The molecule has 0 radical (unpaired) electrons. The third-order valence-corrected chi connectivity index (χ3v) is 5.13. The number of ether oxygens (including phenoxy) is 2. The molecule has 0 aromatic carbocycles. The summed E-state index contributed by atoms with van der Waals surface area (Å²) in [5, 5.41) is 18.7. The molecule has 8 heteroatoms. The first-order valence-electron chi connectivity index (χ1n) is 9.26. The summed E-state index contributed by atoms with van der Waals surface area (Å²) in [5.41, 5.74) is 0. The molecule has 0 heterocycles. The molecule has 0 aromatic heterocycles. The summed E-state index contributed by atoms with van der Waals surface area (Å²) in [6.45, 7) is 0. The second-order valence-corrected chi connectivity index (χ2v) is 7.06. The number of esters is 2. The maximum atomic E-state index is 12.2. The van der Waals surface area contributed by atoms with Crippen LogP contribution in [0.5, 0.6) is 0 Å². The lowest BCUT2D eigenvalue weighted by atomic mass is 9.89. The Morgan fingerprint density at radius 2 is 0.923 bits per heavy atom. The van der Waals surface area contributed by atoms with Crippen LogP contribution in [0, 0.1) is 11.8 Å². The highest BCUT2D eigenvalue weighted by atomic mass is 16.6. The number of rotatable bonds is 7. The predicted octanol–water partition coefficient (Wildman–Crippen LogP) is 2.14. The van der Waals surface area contributed by atoms with Crippen LogP contribution in [-0.2, 0) is 28.7 Å². The molecule has 2 fully saturated rings. The largest absolute Gasteiger partial charge is 0.478 e. The van der Waals surface area contributed by atoms with E-state index in [1.54, 1.807) is 0 Å². The number of carboxylic acids is 2. The first kappa shape index (κ1) is 20.2. The number of aliphatic carboxylic acids is 2. The fourth-order valence-electron chi connectivity index (χ4n) is 3.60. The predicted molar refractivity (Wildman–Crippen MR) is 88.2 cm³/mol. The molecule has 2 saturated carbocycles. The normalized spacial score (nSPS) is 21.4. The van der Waals surface area contributed by atoms with Crippen molar-refractivity contribution in [1.29, 1.82) is 0 Å². The van der Waals surface area contributed by atoms with Gasteiger partial charge >= 0.3 is 23.9 Å². The second kappa shape index (κ2) is 9.54. The molecule has 2 rings (SSSR count). The van der Waals surface area contributed by atoms with E-state index in [-0.39, 0.29) is 0 Å². The van der Waals surface area contributed by atoms with Crippen LogP contribution in [0.4, 0.5) is 0 Å². The SMILES string of the molecule is O=C(OC(C(=O)O)C(OC(=O)C1CCCCC1)C(=O)O)C1CCCCC1. The summed E-state index contributed by atoms with van der Waals surface area (Å²) in [6, 6.07) is 0. The lowest BCUT2D eigenvalue weighted by molar-refractivity contribution is -0.191. The number of carbonyl (C=O) groups is 4. The minimum atomic E-state index is -2.05. The van der Waals surface area contributed by atoms with Crippen LogP contribution in [0.2, 0.25) is 0 Å². The van der Waals surface area contributed by atoms with Gasteiger partial charge in [0.2, 0.25) is 12.2 Å². The van der Waals surface area contributed by atoms with Gasteiger partial charge in [0.15, 0.2) is 0 Å². The zero-order valence-electron chi connectivity index (χ0n) is 14.7. The van der Waals surface area contributed by atoms with Crippen molar-refractivity contribution < 1.29 is 38.9 Å². The van der Waals surface area contributed by atoms with Crippen LogP contribution in [0.1, 0.15) is 64.2 Å². The highest BCUT2D eigenvalue weighted by molar-refractivity contribution is 5.88. The zero-order valence-corrected chi connectivity index (χ0v) is 14.7. The molecule has 2 unspecified atom stereocenters. The quantitative estimate of drug-likeness (QED) is 0.653. The van der Waals surface area contributed by atoms with Gasteiger partial charge in [0.1, 0.15) is 0 Å². The van der Waals surface area contributed by atoms with E-state index in [4.69, 9.17) is 9.47 Å². The second-order valence-electron chi connectivity index (χ2n) is 7.06. The number of carboxylic acid groups (broad SMARTS) is 2. The maximum Gasteiger partial charge on any atom is 0.349 e. The first-order valence-corrected chi connectivity index (χ1v) is 9.26. The molecule has 2 aliphatic rings. The minimum Gasteiger partial charge on any atom is -0.478 e. The van der Waals surface area contributed by atoms with Crippen molar-refractivity contribution in [3.8, 4) is 0 Å². The highest BCUT2D eigenvalue weighted by Crippen LogP contribution is 2.27. The van der Waals surface area contributed by atoms with Crippen LogP contribution in [-0.4, -0.2) is 46.3 Å². The summed E-state index contributed by atoms with van der Waals surface area (Å²) in [4.78, 5) is 47.4. The molecule has 0 bridgehead atoms. The maximum absolute atomic E-state index is 12.2. The van der Waals surface area contributed by atoms with Gasteiger partial charge in [-0.15, -0.1) is 0 Å². The summed E-state index contributed by atoms with van der Waals surface area (Å²) >= 11 is 0. The molecular formula is C18H26O8. The van der Waals surface area contributed by atoms with Crippen molar-refractivity contribution in [1.82, 2.24) is 0 Å². The molecule has 0 spiro atoms. The average Bonchev–Trinajstić information content (AvgIpc) is 2.65. The van der Waals surface area contributed by atoms with Crippen LogP contribution in [0.25, 0.3) is 0 Å². The molecule has 8 nitrogen and oxygen atoms in total. The van der Waals surface area contributed by atoms with Crippen LogP contribution >= 0.6 is 0 Å². The Kier molecular flexibility index (Phi) is 7.41. The third-order valence-electron chi connectivity index (χ3n) is 5.13. The standard InChI is InChI=1S/C18H26O8/c19-15(20)13(25-17(23)11-7-3-1-4-8-11)14(16(21)22)26-18(24)12-9-5-2-6-10-12/h11-14H,1-10H2,(H,19,20)(H,21,22). The van der Waals surface area contributed by atoms with E-state index >= 15 is 0 Å². The Balaban J connectivity index is 2.04. The van der Waals surface area contributed by atoms with Crippen LogP contribution < -0.4 is 0 Å². The van der Waals surface area contributed by atoms with E-state index in [0.29, 0.717) is 25.7 Å². The van der Waals surface area contributed by atoms with Gasteiger partial charge in [-0.3, -0.25) is 9.59 Å².